The lowest BCUT2D eigenvalue weighted by atomic mass is 10.1. The standard InChI is InChI=1S/C13H18N2O3/c1-14-9-2-3-15(10(9)4-11(14)16)13(17)12-7-5-18-6-8(7)12/h7-10,12H,2-6H2,1H3/t7-,8+,9-,10-,12?/m0/s1. The normalized spacial score (nSPS) is 45.4. The minimum absolute atomic E-state index is 0.136. The van der Waals surface area contributed by atoms with E-state index in [2.05, 4.69) is 0 Å². The molecule has 4 fully saturated rings. The van der Waals surface area contributed by atoms with E-state index >= 15 is 0 Å². The van der Waals surface area contributed by atoms with Crippen molar-refractivity contribution in [2.75, 3.05) is 26.8 Å². The van der Waals surface area contributed by atoms with Crippen molar-refractivity contribution in [3.05, 3.63) is 0 Å². The number of likely N-dealkylation sites (tertiary alicyclic amines) is 2. The van der Waals surface area contributed by atoms with Gasteiger partial charge >= 0.3 is 0 Å². The summed E-state index contributed by atoms with van der Waals surface area (Å²) >= 11 is 0. The number of fused-ring (bicyclic) bond motifs is 2. The SMILES string of the molecule is CN1C(=O)C[C@H]2[C@@H]1CCN2C(=O)C1[C@H]2COC[C@@H]12. The molecule has 0 aromatic rings. The van der Waals surface area contributed by atoms with Crippen molar-refractivity contribution in [3.8, 4) is 0 Å². The molecule has 0 N–H and O–H groups in total. The second-order valence-corrected chi connectivity index (χ2v) is 6.05. The van der Waals surface area contributed by atoms with Crippen molar-refractivity contribution >= 4 is 11.8 Å². The largest absolute Gasteiger partial charge is 0.381 e. The van der Waals surface area contributed by atoms with E-state index in [0.29, 0.717) is 18.3 Å². The molecule has 1 unspecified atom stereocenters. The molecule has 3 heterocycles. The monoisotopic (exact) mass is 250 g/mol. The Bertz CT molecular complexity index is 414. The van der Waals surface area contributed by atoms with Crippen LogP contribution in [0.1, 0.15) is 12.8 Å². The topological polar surface area (TPSA) is 49.9 Å². The zero-order chi connectivity index (χ0) is 12.4. The van der Waals surface area contributed by atoms with E-state index in [1.165, 1.54) is 0 Å². The van der Waals surface area contributed by atoms with Crippen molar-refractivity contribution in [3.63, 3.8) is 0 Å². The van der Waals surface area contributed by atoms with Gasteiger partial charge in [-0.2, -0.15) is 0 Å². The maximum atomic E-state index is 12.5. The third-order valence-corrected chi connectivity index (χ3v) is 5.31. The van der Waals surface area contributed by atoms with E-state index in [9.17, 15) is 9.59 Å². The Labute approximate surface area is 106 Å². The van der Waals surface area contributed by atoms with Gasteiger partial charge in [0.15, 0.2) is 0 Å². The highest BCUT2D eigenvalue weighted by Crippen LogP contribution is 2.52. The van der Waals surface area contributed by atoms with Gasteiger partial charge in [-0.05, 0) is 18.3 Å². The fourth-order valence-electron chi connectivity index (χ4n) is 4.11. The van der Waals surface area contributed by atoms with Crippen LogP contribution in [0, 0.1) is 17.8 Å². The van der Waals surface area contributed by atoms with Gasteiger partial charge < -0.3 is 14.5 Å². The number of carbonyl (C=O) groups excluding carboxylic acids is 2. The average Bonchev–Trinajstić information content (AvgIpc) is 2.76. The first kappa shape index (κ1) is 10.8. The maximum absolute atomic E-state index is 12.5. The summed E-state index contributed by atoms with van der Waals surface area (Å²) in [7, 11) is 1.86. The number of nitrogens with zero attached hydrogens (tertiary/aromatic N) is 2. The van der Waals surface area contributed by atoms with Crippen LogP contribution in [0.15, 0.2) is 0 Å². The van der Waals surface area contributed by atoms with E-state index in [-0.39, 0.29) is 29.8 Å². The molecule has 0 spiro atoms. The van der Waals surface area contributed by atoms with Crippen LogP contribution < -0.4 is 0 Å². The maximum Gasteiger partial charge on any atom is 0.226 e. The van der Waals surface area contributed by atoms with Gasteiger partial charge in [0.1, 0.15) is 0 Å². The van der Waals surface area contributed by atoms with Gasteiger partial charge in [-0.15, -0.1) is 0 Å². The lowest BCUT2D eigenvalue weighted by Crippen LogP contribution is -2.40. The summed E-state index contributed by atoms with van der Waals surface area (Å²) in [4.78, 5) is 28.0. The van der Waals surface area contributed by atoms with Crippen LogP contribution in [0.5, 0.6) is 0 Å². The second kappa shape index (κ2) is 3.47. The lowest BCUT2D eigenvalue weighted by Gasteiger charge is -2.24. The molecule has 0 aromatic carbocycles. The Kier molecular flexibility index (Phi) is 2.08. The summed E-state index contributed by atoms with van der Waals surface area (Å²) in [6.45, 7) is 2.33. The minimum atomic E-state index is 0.136. The van der Waals surface area contributed by atoms with Gasteiger partial charge in [-0.3, -0.25) is 9.59 Å². The lowest BCUT2D eigenvalue weighted by molar-refractivity contribution is -0.135. The summed E-state index contributed by atoms with van der Waals surface area (Å²) in [5.41, 5.74) is 0. The third-order valence-electron chi connectivity index (χ3n) is 5.31. The van der Waals surface area contributed by atoms with Crippen LogP contribution in [-0.4, -0.2) is 60.5 Å². The van der Waals surface area contributed by atoms with Crippen molar-refractivity contribution in [2.45, 2.75) is 24.9 Å². The minimum Gasteiger partial charge on any atom is -0.381 e. The first-order valence-electron chi connectivity index (χ1n) is 6.82. The van der Waals surface area contributed by atoms with Gasteiger partial charge in [0.25, 0.3) is 0 Å². The summed E-state index contributed by atoms with van der Waals surface area (Å²) < 4.78 is 5.34. The predicted octanol–water partition coefficient (Wildman–Crippen LogP) is -0.290. The van der Waals surface area contributed by atoms with Crippen LogP contribution in [-0.2, 0) is 14.3 Å². The van der Waals surface area contributed by atoms with E-state index in [4.69, 9.17) is 4.74 Å². The molecule has 4 rings (SSSR count). The molecule has 1 saturated carbocycles. The Morgan fingerprint density at radius 2 is 2.00 bits per heavy atom. The highest BCUT2D eigenvalue weighted by atomic mass is 16.5. The van der Waals surface area contributed by atoms with Gasteiger partial charge in [0.2, 0.25) is 11.8 Å². The molecule has 0 radical (unpaired) electrons. The Morgan fingerprint density at radius 1 is 1.28 bits per heavy atom. The van der Waals surface area contributed by atoms with Gasteiger partial charge in [-0.1, -0.05) is 0 Å². The molecule has 5 nitrogen and oxygen atoms in total. The van der Waals surface area contributed by atoms with Crippen molar-refractivity contribution in [2.24, 2.45) is 17.8 Å². The van der Waals surface area contributed by atoms with Crippen LogP contribution in [0.3, 0.4) is 0 Å². The first-order chi connectivity index (χ1) is 8.68. The van der Waals surface area contributed by atoms with Gasteiger partial charge in [0, 0.05) is 25.9 Å². The smallest absolute Gasteiger partial charge is 0.226 e. The van der Waals surface area contributed by atoms with E-state index in [1.54, 1.807) is 0 Å². The van der Waals surface area contributed by atoms with E-state index < -0.39 is 0 Å². The van der Waals surface area contributed by atoms with E-state index in [0.717, 1.165) is 26.2 Å². The molecule has 1 aliphatic carbocycles. The van der Waals surface area contributed by atoms with Gasteiger partial charge in [0.05, 0.1) is 25.3 Å². The third kappa shape index (κ3) is 1.25. The molecule has 0 aromatic heterocycles. The molecule has 4 aliphatic rings. The summed E-state index contributed by atoms with van der Waals surface area (Å²) in [5.74, 6) is 1.59. The number of rotatable bonds is 1. The van der Waals surface area contributed by atoms with Gasteiger partial charge in [-0.25, -0.2) is 0 Å². The molecular weight excluding hydrogens is 232 g/mol. The van der Waals surface area contributed by atoms with Crippen LogP contribution in [0.25, 0.3) is 0 Å². The molecule has 18 heavy (non-hydrogen) atoms. The molecule has 2 amide bonds. The van der Waals surface area contributed by atoms with Crippen molar-refractivity contribution in [1.82, 2.24) is 9.80 Å². The number of carbonyl (C=O) groups is 2. The number of hydrogen-bond donors (Lipinski definition) is 0. The summed E-state index contributed by atoms with van der Waals surface area (Å²) in [6, 6.07) is 0.397. The molecule has 3 aliphatic heterocycles. The number of hydrogen-bond acceptors (Lipinski definition) is 3. The Hall–Kier alpha value is -1.10. The average molecular weight is 250 g/mol. The number of amides is 2. The molecule has 0 bridgehead atoms. The molecule has 5 atom stereocenters. The molecule has 3 saturated heterocycles. The van der Waals surface area contributed by atoms with Crippen LogP contribution in [0.4, 0.5) is 0 Å². The Balaban J connectivity index is 1.50. The summed E-state index contributed by atoms with van der Waals surface area (Å²) in [6.07, 6.45) is 1.46. The zero-order valence-electron chi connectivity index (χ0n) is 10.5. The fraction of sp³-hybridized carbons (Fsp3) is 0.846. The molecule has 98 valence electrons. The van der Waals surface area contributed by atoms with Crippen LogP contribution in [0.2, 0.25) is 0 Å². The first-order valence-corrected chi connectivity index (χ1v) is 6.82. The number of likely N-dealkylation sites (N-methyl/N-ethyl adjacent to an activating group) is 1. The molecular formula is C13H18N2O3. The summed E-state index contributed by atoms with van der Waals surface area (Å²) in [5, 5.41) is 0. The predicted molar refractivity (Wildman–Crippen MR) is 62.6 cm³/mol. The highest BCUT2D eigenvalue weighted by Gasteiger charge is 2.60. The second-order valence-electron chi connectivity index (χ2n) is 6.05. The number of ether oxygens (including phenoxy) is 1. The van der Waals surface area contributed by atoms with Crippen LogP contribution >= 0.6 is 0 Å². The quantitative estimate of drug-likeness (QED) is 0.642. The Morgan fingerprint density at radius 3 is 2.72 bits per heavy atom. The zero-order valence-corrected chi connectivity index (χ0v) is 10.5. The van der Waals surface area contributed by atoms with E-state index in [1.807, 2.05) is 16.8 Å². The van der Waals surface area contributed by atoms with Crippen molar-refractivity contribution < 1.29 is 14.3 Å². The fourth-order valence-corrected chi connectivity index (χ4v) is 4.11. The molecule has 5 heteroatoms. The highest BCUT2D eigenvalue weighted by molar-refractivity contribution is 5.86. The van der Waals surface area contributed by atoms with Crippen molar-refractivity contribution in [1.29, 1.82) is 0 Å².